The molecule has 3 heteroatoms. The maximum atomic E-state index is 12.8. The summed E-state index contributed by atoms with van der Waals surface area (Å²) in [6, 6.07) is 9.86. The Kier molecular flexibility index (Phi) is 4.65. The van der Waals surface area contributed by atoms with Crippen molar-refractivity contribution < 1.29 is 4.79 Å². The van der Waals surface area contributed by atoms with Gasteiger partial charge in [-0.15, -0.1) is 0 Å². The molecule has 0 heterocycles. The maximum absolute atomic E-state index is 12.8. The van der Waals surface area contributed by atoms with Crippen LogP contribution in [0, 0.1) is 0 Å². The van der Waals surface area contributed by atoms with Crippen LogP contribution in [0.3, 0.4) is 0 Å². The third-order valence-corrected chi connectivity index (χ3v) is 2.92. The van der Waals surface area contributed by atoms with Crippen LogP contribution in [-0.2, 0) is 10.3 Å². The second-order valence-electron chi connectivity index (χ2n) is 7.57. The molecule has 3 nitrogen and oxygen atoms in total. The Morgan fingerprint density at radius 2 is 1.35 bits per heavy atom. The molecule has 0 aromatic heterocycles. The fourth-order valence-corrected chi connectivity index (χ4v) is 2.25. The van der Waals surface area contributed by atoms with Gasteiger partial charge in [0.05, 0.1) is 0 Å². The van der Waals surface area contributed by atoms with Gasteiger partial charge in [-0.2, -0.15) is 0 Å². The molecule has 0 bridgehead atoms. The number of nitrogens with one attached hydrogen (secondary N) is 2. The molecule has 20 heavy (non-hydrogen) atoms. The van der Waals surface area contributed by atoms with E-state index in [-0.39, 0.29) is 17.0 Å². The molecular formula is C17H28N2O. The van der Waals surface area contributed by atoms with Crippen molar-refractivity contribution in [1.82, 2.24) is 10.6 Å². The van der Waals surface area contributed by atoms with Crippen LogP contribution in [-0.4, -0.2) is 17.0 Å². The van der Waals surface area contributed by atoms with Gasteiger partial charge in [0.15, 0.2) is 0 Å². The van der Waals surface area contributed by atoms with Gasteiger partial charge in [0.25, 0.3) is 0 Å². The van der Waals surface area contributed by atoms with Crippen molar-refractivity contribution in [2.45, 2.75) is 65.1 Å². The summed E-state index contributed by atoms with van der Waals surface area (Å²) in [5.41, 5.74) is -0.212. The molecule has 0 saturated heterocycles. The number of benzene rings is 1. The van der Waals surface area contributed by atoms with Crippen LogP contribution in [0.1, 0.15) is 54.0 Å². The molecule has 0 fully saturated rings. The average molecular weight is 276 g/mol. The lowest BCUT2D eigenvalue weighted by molar-refractivity contribution is -0.129. The Morgan fingerprint density at radius 3 is 1.75 bits per heavy atom. The van der Waals surface area contributed by atoms with E-state index < -0.39 is 5.54 Å². The summed E-state index contributed by atoms with van der Waals surface area (Å²) in [6.07, 6.45) is 0. The zero-order valence-corrected chi connectivity index (χ0v) is 13.8. The molecule has 2 N–H and O–H groups in total. The van der Waals surface area contributed by atoms with Crippen LogP contribution >= 0.6 is 0 Å². The van der Waals surface area contributed by atoms with Gasteiger partial charge >= 0.3 is 0 Å². The highest BCUT2D eigenvalue weighted by molar-refractivity contribution is 5.88. The van der Waals surface area contributed by atoms with Crippen molar-refractivity contribution in [2.24, 2.45) is 0 Å². The lowest BCUT2D eigenvalue weighted by Crippen LogP contribution is -2.60. The first-order chi connectivity index (χ1) is 8.94. The molecule has 1 rings (SSSR count). The molecule has 0 saturated carbocycles. The molecule has 0 aliphatic carbocycles. The first kappa shape index (κ1) is 16.7. The number of carbonyl (C=O) groups is 1. The van der Waals surface area contributed by atoms with E-state index in [1.807, 2.05) is 58.0 Å². The minimum Gasteiger partial charge on any atom is -0.350 e. The highest BCUT2D eigenvalue weighted by Gasteiger charge is 2.39. The Balaban J connectivity index is 3.18. The lowest BCUT2D eigenvalue weighted by Gasteiger charge is -2.39. The smallest absolute Gasteiger partial charge is 0.245 e. The normalized spacial score (nSPS) is 15.6. The summed E-state index contributed by atoms with van der Waals surface area (Å²) in [5.74, 6) is -0.00822. The van der Waals surface area contributed by atoms with E-state index in [4.69, 9.17) is 0 Å². The van der Waals surface area contributed by atoms with Gasteiger partial charge in [0.1, 0.15) is 5.54 Å². The fraction of sp³-hybridized carbons (Fsp3) is 0.588. The number of hydrogen-bond acceptors (Lipinski definition) is 2. The Labute approximate surface area is 123 Å². The number of rotatable bonds is 3. The predicted octanol–water partition coefficient (Wildman–Crippen LogP) is 3.20. The zero-order chi connectivity index (χ0) is 15.6. The third-order valence-electron chi connectivity index (χ3n) is 2.92. The van der Waals surface area contributed by atoms with Crippen molar-refractivity contribution >= 4 is 5.91 Å². The second kappa shape index (κ2) is 5.57. The van der Waals surface area contributed by atoms with Gasteiger partial charge < -0.3 is 5.32 Å². The SMILES string of the molecule is CC(C)(C)NC(=O)C(C)(NC(C)(C)C)c1ccccc1. The Morgan fingerprint density at radius 1 is 0.850 bits per heavy atom. The lowest BCUT2D eigenvalue weighted by atomic mass is 9.87. The molecule has 1 aromatic carbocycles. The maximum Gasteiger partial charge on any atom is 0.245 e. The van der Waals surface area contributed by atoms with Gasteiger partial charge in [-0.1, -0.05) is 30.3 Å². The van der Waals surface area contributed by atoms with Crippen LogP contribution in [0.25, 0.3) is 0 Å². The molecule has 0 aliphatic rings. The molecule has 112 valence electrons. The summed E-state index contributed by atoms with van der Waals surface area (Å²) in [5, 5.41) is 6.54. The first-order valence-corrected chi connectivity index (χ1v) is 7.11. The van der Waals surface area contributed by atoms with Crippen molar-refractivity contribution in [1.29, 1.82) is 0 Å². The van der Waals surface area contributed by atoms with Crippen LogP contribution in [0.15, 0.2) is 30.3 Å². The van der Waals surface area contributed by atoms with E-state index >= 15 is 0 Å². The van der Waals surface area contributed by atoms with Crippen molar-refractivity contribution in [2.75, 3.05) is 0 Å². The van der Waals surface area contributed by atoms with E-state index in [0.29, 0.717) is 0 Å². The summed E-state index contributed by atoms with van der Waals surface area (Å²) in [4.78, 5) is 12.8. The molecular weight excluding hydrogens is 248 g/mol. The van der Waals surface area contributed by atoms with Crippen LogP contribution in [0.4, 0.5) is 0 Å². The predicted molar refractivity (Wildman–Crippen MR) is 84.6 cm³/mol. The van der Waals surface area contributed by atoms with E-state index in [2.05, 4.69) is 31.4 Å². The van der Waals surface area contributed by atoms with E-state index in [9.17, 15) is 4.79 Å². The number of carbonyl (C=O) groups excluding carboxylic acids is 1. The van der Waals surface area contributed by atoms with Crippen LogP contribution in [0.2, 0.25) is 0 Å². The standard InChI is InChI=1S/C17H28N2O/c1-15(2,3)18-14(20)17(7,19-16(4,5)6)13-11-9-8-10-12-13/h8-12,19H,1-7H3,(H,18,20). The zero-order valence-electron chi connectivity index (χ0n) is 13.8. The van der Waals surface area contributed by atoms with E-state index in [1.54, 1.807) is 0 Å². The van der Waals surface area contributed by atoms with Gasteiger partial charge in [0.2, 0.25) is 5.91 Å². The first-order valence-electron chi connectivity index (χ1n) is 7.11. The molecule has 1 atom stereocenters. The number of hydrogen-bond donors (Lipinski definition) is 2. The minimum atomic E-state index is -0.757. The molecule has 1 amide bonds. The minimum absolute atomic E-state index is 0.00822. The number of amides is 1. The Hall–Kier alpha value is -1.35. The topological polar surface area (TPSA) is 41.1 Å². The average Bonchev–Trinajstić information content (AvgIpc) is 2.25. The highest BCUT2D eigenvalue weighted by Crippen LogP contribution is 2.25. The van der Waals surface area contributed by atoms with E-state index in [0.717, 1.165) is 5.56 Å². The summed E-state index contributed by atoms with van der Waals surface area (Å²) in [7, 11) is 0. The molecule has 1 aromatic rings. The summed E-state index contributed by atoms with van der Waals surface area (Å²) >= 11 is 0. The fourth-order valence-electron chi connectivity index (χ4n) is 2.25. The highest BCUT2D eigenvalue weighted by atomic mass is 16.2. The molecule has 0 aliphatic heterocycles. The quantitative estimate of drug-likeness (QED) is 0.890. The van der Waals surface area contributed by atoms with Gasteiger partial charge in [-0.3, -0.25) is 10.1 Å². The van der Waals surface area contributed by atoms with Crippen LogP contribution in [0.5, 0.6) is 0 Å². The summed E-state index contributed by atoms with van der Waals surface area (Å²) < 4.78 is 0. The summed E-state index contributed by atoms with van der Waals surface area (Å²) in [6.45, 7) is 14.1. The molecule has 0 radical (unpaired) electrons. The van der Waals surface area contributed by atoms with Crippen molar-refractivity contribution in [3.8, 4) is 0 Å². The van der Waals surface area contributed by atoms with E-state index in [1.165, 1.54) is 0 Å². The van der Waals surface area contributed by atoms with Crippen molar-refractivity contribution in [3.05, 3.63) is 35.9 Å². The van der Waals surface area contributed by atoms with Gasteiger partial charge in [0, 0.05) is 11.1 Å². The third kappa shape index (κ3) is 4.64. The van der Waals surface area contributed by atoms with Crippen LogP contribution < -0.4 is 10.6 Å². The largest absolute Gasteiger partial charge is 0.350 e. The molecule has 1 unspecified atom stereocenters. The molecule has 0 spiro atoms. The van der Waals surface area contributed by atoms with Gasteiger partial charge in [-0.05, 0) is 54.0 Å². The second-order valence-corrected chi connectivity index (χ2v) is 7.57. The van der Waals surface area contributed by atoms with Crippen molar-refractivity contribution in [3.63, 3.8) is 0 Å². The monoisotopic (exact) mass is 276 g/mol. The van der Waals surface area contributed by atoms with Gasteiger partial charge in [-0.25, -0.2) is 0 Å². The Bertz CT molecular complexity index is 454.